The van der Waals surface area contributed by atoms with E-state index in [1.54, 1.807) is 24.3 Å². The molecule has 0 saturated carbocycles. The third-order valence-corrected chi connectivity index (χ3v) is 4.29. The highest BCUT2D eigenvalue weighted by atomic mass is 79.9. The molecule has 2 N–H and O–H groups in total. The van der Waals surface area contributed by atoms with E-state index in [1.165, 1.54) is 0 Å². The quantitative estimate of drug-likeness (QED) is 0.683. The van der Waals surface area contributed by atoms with E-state index in [9.17, 15) is 9.59 Å². The Kier molecular flexibility index (Phi) is 5.19. The molecule has 0 spiro atoms. The number of carbonyl (C=O) groups is 2. The highest BCUT2D eigenvalue weighted by Crippen LogP contribution is 2.23. The van der Waals surface area contributed by atoms with Gasteiger partial charge in [-0.05, 0) is 43.3 Å². The molecular weight excluding hydrogens is 384 g/mol. The highest BCUT2D eigenvalue weighted by molar-refractivity contribution is 9.10. The van der Waals surface area contributed by atoms with Crippen molar-refractivity contribution in [1.82, 2.24) is 10.6 Å². The molecule has 1 atom stereocenters. The largest absolute Gasteiger partial charge is 0.459 e. The lowest BCUT2D eigenvalue weighted by molar-refractivity contribution is -0.120. The van der Waals surface area contributed by atoms with E-state index in [0.29, 0.717) is 11.3 Å². The number of hydrogen-bond donors (Lipinski definition) is 2. The van der Waals surface area contributed by atoms with E-state index >= 15 is 0 Å². The Labute approximate surface area is 153 Å². The maximum Gasteiger partial charge on any atom is 0.251 e. The van der Waals surface area contributed by atoms with Crippen molar-refractivity contribution in [2.24, 2.45) is 0 Å². The van der Waals surface area contributed by atoms with Crippen molar-refractivity contribution in [3.8, 4) is 0 Å². The first kappa shape index (κ1) is 17.2. The van der Waals surface area contributed by atoms with Crippen LogP contribution in [0, 0.1) is 0 Å². The van der Waals surface area contributed by atoms with Gasteiger partial charge in [0.25, 0.3) is 5.91 Å². The normalized spacial score (nSPS) is 11.9. The van der Waals surface area contributed by atoms with Crippen molar-refractivity contribution in [1.29, 1.82) is 0 Å². The molecule has 2 amide bonds. The Morgan fingerprint density at radius 3 is 2.56 bits per heavy atom. The van der Waals surface area contributed by atoms with E-state index in [1.807, 2.05) is 37.3 Å². The third kappa shape index (κ3) is 4.28. The minimum atomic E-state index is -0.293. The maximum atomic E-state index is 12.1. The van der Waals surface area contributed by atoms with Crippen LogP contribution in [0.25, 0.3) is 11.0 Å². The fourth-order valence-electron chi connectivity index (χ4n) is 2.44. The molecule has 3 rings (SSSR count). The zero-order chi connectivity index (χ0) is 17.8. The minimum absolute atomic E-state index is 0.0978. The number of para-hydroxylation sites is 1. The van der Waals surface area contributed by atoms with Gasteiger partial charge in [0.2, 0.25) is 5.91 Å². The summed E-state index contributed by atoms with van der Waals surface area (Å²) in [4.78, 5) is 24.1. The summed E-state index contributed by atoms with van der Waals surface area (Å²) in [6.45, 7) is 1.74. The second-order valence-corrected chi connectivity index (χ2v) is 6.58. The van der Waals surface area contributed by atoms with Crippen LogP contribution in [0.3, 0.4) is 0 Å². The molecule has 1 aromatic heterocycles. The van der Waals surface area contributed by atoms with Crippen LogP contribution in [0.4, 0.5) is 0 Å². The molecule has 6 heteroatoms. The van der Waals surface area contributed by atoms with E-state index < -0.39 is 0 Å². The second-order valence-electron chi connectivity index (χ2n) is 5.67. The lowest BCUT2D eigenvalue weighted by atomic mass is 10.2. The molecular formula is C19H17BrN2O3. The predicted molar refractivity (Wildman–Crippen MR) is 99.2 cm³/mol. The van der Waals surface area contributed by atoms with Gasteiger partial charge in [-0.2, -0.15) is 0 Å². The van der Waals surface area contributed by atoms with Crippen LogP contribution in [-0.2, 0) is 4.79 Å². The molecule has 128 valence electrons. The topological polar surface area (TPSA) is 71.3 Å². The zero-order valence-electron chi connectivity index (χ0n) is 13.6. The van der Waals surface area contributed by atoms with E-state index in [2.05, 4.69) is 26.6 Å². The maximum absolute atomic E-state index is 12.1. The first-order valence-corrected chi connectivity index (χ1v) is 8.64. The van der Waals surface area contributed by atoms with Crippen molar-refractivity contribution in [2.75, 3.05) is 6.54 Å². The number of rotatable bonds is 5. The Morgan fingerprint density at radius 2 is 1.84 bits per heavy atom. The summed E-state index contributed by atoms with van der Waals surface area (Å²) in [6.07, 6.45) is 0. The number of amides is 2. The van der Waals surface area contributed by atoms with Crippen molar-refractivity contribution in [2.45, 2.75) is 13.0 Å². The average molecular weight is 401 g/mol. The molecule has 0 radical (unpaired) electrons. The molecule has 5 nitrogen and oxygen atoms in total. The Bertz CT molecular complexity index is 869. The number of nitrogens with one attached hydrogen (secondary N) is 2. The first-order valence-electron chi connectivity index (χ1n) is 7.84. The van der Waals surface area contributed by atoms with Crippen molar-refractivity contribution in [3.05, 3.63) is 70.4 Å². The highest BCUT2D eigenvalue weighted by Gasteiger charge is 2.15. The second kappa shape index (κ2) is 7.53. The standard InChI is InChI=1S/C19H17BrN2O3/c1-12(17-10-14-4-2-3-5-16(14)25-17)22-18(23)11-21-19(24)13-6-8-15(20)9-7-13/h2-10,12H,11H2,1H3,(H,21,24)(H,22,23)/t12-/m1/s1. The average Bonchev–Trinajstić information content (AvgIpc) is 3.04. The third-order valence-electron chi connectivity index (χ3n) is 3.76. The van der Waals surface area contributed by atoms with Gasteiger partial charge >= 0.3 is 0 Å². The molecule has 0 bridgehead atoms. The number of halogens is 1. The van der Waals surface area contributed by atoms with Crippen molar-refractivity contribution in [3.63, 3.8) is 0 Å². The summed E-state index contributed by atoms with van der Waals surface area (Å²) >= 11 is 3.31. The number of benzene rings is 2. The van der Waals surface area contributed by atoms with Crippen molar-refractivity contribution >= 4 is 38.7 Å². The van der Waals surface area contributed by atoms with Gasteiger partial charge in [0.1, 0.15) is 11.3 Å². The molecule has 0 aliphatic carbocycles. The lowest BCUT2D eigenvalue weighted by Crippen LogP contribution is -2.37. The lowest BCUT2D eigenvalue weighted by Gasteiger charge is -2.12. The summed E-state index contributed by atoms with van der Waals surface area (Å²) < 4.78 is 6.62. The van der Waals surface area contributed by atoms with Crippen molar-refractivity contribution < 1.29 is 14.0 Å². The number of fused-ring (bicyclic) bond motifs is 1. The van der Waals surface area contributed by atoms with Gasteiger partial charge in [0.05, 0.1) is 12.6 Å². The summed E-state index contributed by atoms with van der Waals surface area (Å²) in [5.41, 5.74) is 1.28. The Hall–Kier alpha value is -2.60. The molecule has 25 heavy (non-hydrogen) atoms. The zero-order valence-corrected chi connectivity index (χ0v) is 15.2. The molecule has 0 fully saturated rings. The fraction of sp³-hybridized carbons (Fsp3) is 0.158. The number of furan rings is 1. The summed E-state index contributed by atoms with van der Waals surface area (Å²) in [5, 5.41) is 6.41. The Morgan fingerprint density at radius 1 is 1.12 bits per heavy atom. The van der Waals surface area contributed by atoms with Crippen LogP contribution in [0.15, 0.2) is 63.5 Å². The van der Waals surface area contributed by atoms with Crippen LogP contribution in [0.5, 0.6) is 0 Å². The van der Waals surface area contributed by atoms with E-state index in [4.69, 9.17) is 4.42 Å². The molecule has 2 aromatic carbocycles. The van der Waals surface area contributed by atoms with E-state index in [0.717, 1.165) is 15.4 Å². The van der Waals surface area contributed by atoms with E-state index in [-0.39, 0.29) is 24.4 Å². The van der Waals surface area contributed by atoms with Crippen LogP contribution in [0.1, 0.15) is 29.1 Å². The monoisotopic (exact) mass is 400 g/mol. The van der Waals surface area contributed by atoms with Gasteiger partial charge in [0.15, 0.2) is 0 Å². The smallest absolute Gasteiger partial charge is 0.251 e. The molecule has 0 saturated heterocycles. The van der Waals surface area contributed by atoms with Gasteiger partial charge in [0, 0.05) is 15.4 Å². The summed E-state index contributed by atoms with van der Waals surface area (Å²) in [7, 11) is 0. The van der Waals surface area contributed by atoms with Crippen LogP contribution >= 0.6 is 15.9 Å². The molecule has 1 heterocycles. The van der Waals surface area contributed by atoms with Gasteiger partial charge < -0.3 is 15.1 Å². The van der Waals surface area contributed by atoms with Gasteiger partial charge in [-0.1, -0.05) is 34.1 Å². The molecule has 0 aliphatic rings. The van der Waals surface area contributed by atoms with Gasteiger partial charge in [-0.25, -0.2) is 0 Å². The number of carbonyl (C=O) groups excluding carboxylic acids is 2. The molecule has 3 aromatic rings. The van der Waals surface area contributed by atoms with Crippen LogP contribution in [-0.4, -0.2) is 18.4 Å². The van der Waals surface area contributed by atoms with Gasteiger partial charge in [-0.15, -0.1) is 0 Å². The summed E-state index contributed by atoms with van der Waals surface area (Å²) in [5.74, 6) is 0.103. The van der Waals surface area contributed by atoms with Crippen LogP contribution in [0.2, 0.25) is 0 Å². The predicted octanol–water partition coefficient (Wildman–Crippen LogP) is 3.80. The Balaban J connectivity index is 1.54. The fourth-order valence-corrected chi connectivity index (χ4v) is 2.71. The number of hydrogen-bond acceptors (Lipinski definition) is 3. The SMILES string of the molecule is C[C@@H](NC(=O)CNC(=O)c1ccc(Br)cc1)c1cc2ccccc2o1. The summed E-state index contributed by atoms with van der Waals surface area (Å²) in [6, 6.07) is 16.2. The first-order chi connectivity index (χ1) is 12.0. The van der Waals surface area contributed by atoms with Crippen LogP contribution < -0.4 is 10.6 Å². The van der Waals surface area contributed by atoms with Gasteiger partial charge in [-0.3, -0.25) is 9.59 Å². The molecule has 0 aliphatic heterocycles. The minimum Gasteiger partial charge on any atom is -0.459 e. The molecule has 0 unspecified atom stereocenters.